The summed E-state index contributed by atoms with van der Waals surface area (Å²) in [5.74, 6) is -2.70. The van der Waals surface area contributed by atoms with E-state index in [-0.39, 0.29) is 11.0 Å². The van der Waals surface area contributed by atoms with Crippen molar-refractivity contribution in [1.29, 1.82) is 0 Å². The highest BCUT2D eigenvalue weighted by Crippen LogP contribution is 2.20. The molecule has 1 N–H and O–H groups in total. The minimum atomic E-state index is -1.10. The lowest BCUT2D eigenvalue weighted by atomic mass is 9.90. The zero-order chi connectivity index (χ0) is 13.8. The van der Waals surface area contributed by atoms with Crippen molar-refractivity contribution in [2.45, 2.75) is 20.3 Å². The number of carbonyl (C=O) groups is 1. The lowest BCUT2D eigenvalue weighted by Gasteiger charge is -2.23. The van der Waals surface area contributed by atoms with E-state index >= 15 is 0 Å². The quantitative estimate of drug-likeness (QED) is 0.827. The Morgan fingerprint density at radius 3 is 2.67 bits per heavy atom. The maximum Gasteiger partial charge on any atom is 0.254 e. The molecule has 0 unspecified atom stereocenters. The molecule has 0 radical (unpaired) electrons. The molecule has 0 aromatic heterocycles. The predicted molar refractivity (Wildman–Crippen MR) is 70.9 cm³/mol. The third-order valence-electron chi connectivity index (χ3n) is 2.69. The maximum atomic E-state index is 13.4. The van der Waals surface area contributed by atoms with E-state index < -0.39 is 17.5 Å². The SMILES string of the molecule is CC(C)(CCBr)CNC(=O)c1cccc(F)c1F. The topological polar surface area (TPSA) is 29.1 Å². The van der Waals surface area contributed by atoms with Gasteiger partial charge < -0.3 is 5.32 Å². The Bertz CT molecular complexity index is 435. The summed E-state index contributed by atoms with van der Waals surface area (Å²) < 4.78 is 26.4. The van der Waals surface area contributed by atoms with E-state index in [1.807, 2.05) is 13.8 Å². The molecular formula is C13H16BrF2NO. The van der Waals surface area contributed by atoms with Crippen LogP contribution in [-0.4, -0.2) is 17.8 Å². The molecule has 1 aromatic rings. The molecule has 0 aliphatic heterocycles. The van der Waals surface area contributed by atoms with Gasteiger partial charge in [-0.15, -0.1) is 0 Å². The molecule has 0 aliphatic rings. The summed E-state index contributed by atoms with van der Waals surface area (Å²) in [4.78, 5) is 11.7. The van der Waals surface area contributed by atoms with Gasteiger partial charge in [-0.1, -0.05) is 35.8 Å². The summed E-state index contributed by atoms with van der Waals surface area (Å²) in [5, 5.41) is 3.45. The summed E-state index contributed by atoms with van der Waals surface area (Å²) >= 11 is 3.34. The van der Waals surface area contributed by atoms with E-state index in [0.29, 0.717) is 6.54 Å². The summed E-state index contributed by atoms with van der Waals surface area (Å²) in [6.45, 7) is 4.40. The molecule has 0 heterocycles. The Kier molecular flexibility index (Phi) is 5.26. The van der Waals surface area contributed by atoms with Crippen LogP contribution < -0.4 is 5.32 Å². The summed E-state index contributed by atoms with van der Waals surface area (Å²) in [6.07, 6.45) is 0.874. The Morgan fingerprint density at radius 1 is 1.39 bits per heavy atom. The monoisotopic (exact) mass is 319 g/mol. The van der Waals surface area contributed by atoms with Gasteiger partial charge in [0.05, 0.1) is 5.56 Å². The molecule has 2 nitrogen and oxygen atoms in total. The fourth-order valence-electron chi connectivity index (χ4n) is 1.44. The summed E-state index contributed by atoms with van der Waals surface area (Å²) in [7, 11) is 0. The average Bonchev–Trinajstić information content (AvgIpc) is 2.30. The van der Waals surface area contributed by atoms with Crippen LogP contribution in [0.4, 0.5) is 8.78 Å². The molecule has 0 bridgehead atoms. The molecule has 100 valence electrons. The smallest absolute Gasteiger partial charge is 0.254 e. The van der Waals surface area contributed by atoms with Gasteiger partial charge in [-0.25, -0.2) is 8.78 Å². The van der Waals surface area contributed by atoms with Gasteiger partial charge in [0, 0.05) is 11.9 Å². The minimum Gasteiger partial charge on any atom is -0.351 e. The van der Waals surface area contributed by atoms with Gasteiger partial charge in [0.25, 0.3) is 5.91 Å². The van der Waals surface area contributed by atoms with E-state index in [0.717, 1.165) is 17.8 Å². The van der Waals surface area contributed by atoms with E-state index in [9.17, 15) is 13.6 Å². The molecule has 1 rings (SSSR count). The molecule has 1 amide bonds. The van der Waals surface area contributed by atoms with Crippen molar-refractivity contribution in [2.75, 3.05) is 11.9 Å². The lowest BCUT2D eigenvalue weighted by molar-refractivity contribution is 0.0931. The largest absolute Gasteiger partial charge is 0.351 e. The standard InChI is InChI=1S/C13H16BrF2NO/c1-13(2,6-7-14)8-17-12(18)9-4-3-5-10(15)11(9)16/h3-5H,6-8H2,1-2H3,(H,17,18). The van der Waals surface area contributed by atoms with Crippen molar-refractivity contribution in [3.63, 3.8) is 0 Å². The number of hydrogen-bond acceptors (Lipinski definition) is 1. The Hall–Kier alpha value is -0.970. The van der Waals surface area contributed by atoms with Gasteiger partial charge in [0.2, 0.25) is 0 Å². The van der Waals surface area contributed by atoms with Crippen LogP contribution >= 0.6 is 15.9 Å². The number of rotatable bonds is 5. The van der Waals surface area contributed by atoms with E-state index in [2.05, 4.69) is 21.2 Å². The highest BCUT2D eigenvalue weighted by molar-refractivity contribution is 9.09. The molecule has 18 heavy (non-hydrogen) atoms. The molecule has 0 atom stereocenters. The molecular weight excluding hydrogens is 304 g/mol. The first kappa shape index (κ1) is 15.1. The van der Waals surface area contributed by atoms with Crippen LogP contribution in [0.2, 0.25) is 0 Å². The second kappa shape index (κ2) is 6.27. The third-order valence-corrected chi connectivity index (χ3v) is 3.09. The molecule has 0 spiro atoms. The minimum absolute atomic E-state index is 0.0943. The molecule has 0 aliphatic carbocycles. The van der Waals surface area contributed by atoms with Crippen LogP contribution in [0.3, 0.4) is 0 Å². The number of halogens is 3. The van der Waals surface area contributed by atoms with Gasteiger partial charge in [0.1, 0.15) is 0 Å². The highest BCUT2D eigenvalue weighted by atomic mass is 79.9. The first-order valence-electron chi connectivity index (χ1n) is 5.65. The molecule has 0 saturated carbocycles. The van der Waals surface area contributed by atoms with Gasteiger partial charge in [-0.2, -0.15) is 0 Å². The van der Waals surface area contributed by atoms with Crippen molar-refractivity contribution in [2.24, 2.45) is 5.41 Å². The third kappa shape index (κ3) is 4.05. The molecule has 0 saturated heterocycles. The molecule has 5 heteroatoms. The zero-order valence-corrected chi connectivity index (χ0v) is 12.0. The Morgan fingerprint density at radius 2 is 2.06 bits per heavy atom. The van der Waals surface area contributed by atoms with Crippen LogP contribution in [0.1, 0.15) is 30.6 Å². The van der Waals surface area contributed by atoms with E-state index in [4.69, 9.17) is 0 Å². The average molecular weight is 320 g/mol. The fourth-order valence-corrected chi connectivity index (χ4v) is 2.51. The first-order chi connectivity index (χ1) is 8.37. The Balaban J connectivity index is 2.69. The van der Waals surface area contributed by atoms with Crippen molar-refractivity contribution >= 4 is 21.8 Å². The van der Waals surface area contributed by atoms with Gasteiger partial charge >= 0.3 is 0 Å². The highest BCUT2D eigenvalue weighted by Gasteiger charge is 2.20. The number of nitrogens with one attached hydrogen (secondary N) is 1. The molecule has 1 aromatic carbocycles. The maximum absolute atomic E-state index is 13.4. The number of benzene rings is 1. The zero-order valence-electron chi connectivity index (χ0n) is 10.4. The van der Waals surface area contributed by atoms with Crippen LogP contribution in [-0.2, 0) is 0 Å². The van der Waals surface area contributed by atoms with Crippen LogP contribution in [0.15, 0.2) is 18.2 Å². The van der Waals surface area contributed by atoms with Crippen LogP contribution in [0.5, 0.6) is 0 Å². The van der Waals surface area contributed by atoms with E-state index in [1.54, 1.807) is 0 Å². The van der Waals surface area contributed by atoms with Gasteiger partial charge in [-0.3, -0.25) is 4.79 Å². The molecule has 0 fully saturated rings. The second-order valence-electron chi connectivity index (χ2n) is 4.89. The van der Waals surface area contributed by atoms with Crippen LogP contribution in [0.25, 0.3) is 0 Å². The number of carbonyl (C=O) groups excluding carboxylic acids is 1. The van der Waals surface area contributed by atoms with Gasteiger partial charge in [0.15, 0.2) is 11.6 Å². The lowest BCUT2D eigenvalue weighted by Crippen LogP contribution is -2.34. The van der Waals surface area contributed by atoms with Crippen molar-refractivity contribution in [1.82, 2.24) is 5.32 Å². The van der Waals surface area contributed by atoms with Crippen molar-refractivity contribution < 1.29 is 13.6 Å². The van der Waals surface area contributed by atoms with Crippen molar-refractivity contribution in [3.05, 3.63) is 35.4 Å². The van der Waals surface area contributed by atoms with E-state index in [1.165, 1.54) is 12.1 Å². The number of alkyl halides is 1. The fraction of sp³-hybridized carbons (Fsp3) is 0.462. The first-order valence-corrected chi connectivity index (χ1v) is 6.78. The normalized spacial score (nSPS) is 11.4. The summed E-state index contributed by atoms with van der Waals surface area (Å²) in [6, 6.07) is 3.57. The number of hydrogen-bond donors (Lipinski definition) is 1. The number of amides is 1. The van der Waals surface area contributed by atoms with Crippen molar-refractivity contribution in [3.8, 4) is 0 Å². The predicted octanol–water partition coefficient (Wildman–Crippen LogP) is 3.51. The van der Waals surface area contributed by atoms with Crippen LogP contribution in [0, 0.1) is 17.0 Å². The Labute approximate surface area is 114 Å². The second-order valence-corrected chi connectivity index (χ2v) is 5.68. The van der Waals surface area contributed by atoms with Gasteiger partial charge in [-0.05, 0) is 24.0 Å². The summed E-state index contributed by atoms with van der Waals surface area (Å²) in [5.41, 5.74) is -0.354.